The summed E-state index contributed by atoms with van der Waals surface area (Å²) in [5.41, 5.74) is 5.05. The van der Waals surface area contributed by atoms with E-state index in [1.54, 1.807) is 30.7 Å². The van der Waals surface area contributed by atoms with Crippen LogP contribution in [-0.4, -0.2) is 22.1 Å². The molecule has 0 aliphatic rings. The molecule has 0 amide bonds. The van der Waals surface area contributed by atoms with Gasteiger partial charge in [-0.3, -0.25) is 4.98 Å². The molecular formula is C15H14N4OS. The maximum Gasteiger partial charge on any atom is 0.230 e. The number of benzene rings is 1. The van der Waals surface area contributed by atoms with Gasteiger partial charge in [0.1, 0.15) is 0 Å². The number of nitrogens with zero attached hydrogens (tertiary/aromatic N) is 3. The minimum Gasteiger partial charge on any atom is -0.481 e. The summed E-state index contributed by atoms with van der Waals surface area (Å²) in [7, 11) is 1.58. The molecule has 0 saturated carbocycles. The number of hydrogen-bond donors (Lipinski definition) is 1. The molecule has 21 heavy (non-hydrogen) atoms. The summed E-state index contributed by atoms with van der Waals surface area (Å²) in [6.07, 6.45) is 3.53. The van der Waals surface area contributed by atoms with E-state index in [9.17, 15) is 0 Å². The van der Waals surface area contributed by atoms with Gasteiger partial charge in [0.15, 0.2) is 0 Å². The minimum atomic E-state index is 0.509. The average Bonchev–Trinajstić information content (AvgIpc) is 3.01. The maximum absolute atomic E-state index is 5.10. The number of hydrogen-bond acceptors (Lipinski definition) is 6. The molecule has 0 bridgehead atoms. The van der Waals surface area contributed by atoms with Gasteiger partial charge in [0.05, 0.1) is 17.5 Å². The van der Waals surface area contributed by atoms with E-state index in [4.69, 9.17) is 4.74 Å². The number of ether oxygens (including phenoxy) is 1. The van der Waals surface area contributed by atoms with Crippen molar-refractivity contribution in [1.29, 1.82) is 0 Å². The normalized spacial score (nSPS) is 10.4. The van der Waals surface area contributed by atoms with Crippen molar-refractivity contribution in [3.63, 3.8) is 0 Å². The van der Waals surface area contributed by atoms with Gasteiger partial charge in [0.25, 0.3) is 0 Å². The molecule has 2 aromatic heterocycles. The number of rotatable bonds is 4. The van der Waals surface area contributed by atoms with E-state index in [0.717, 1.165) is 21.7 Å². The zero-order valence-corrected chi connectivity index (χ0v) is 12.5. The molecule has 0 aliphatic heterocycles. The first-order valence-corrected chi connectivity index (χ1v) is 7.27. The first-order valence-electron chi connectivity index (χ1n) is 6.39. The summed E-state index contributed by atoms with van der Waals surface area (Å²) in [5.74, 6) is 1.04. The van der Waals surface area contributed by atoms with E-state index in [0.29, 0.717) is 11.8 Å². The lowest BCUT2D eigenvalue weighted by atomic mass is 10.1. The fraction of sp³-hybridized carbons (Fsp3) is 0.133. The molecule has 1 N–H and O–H groups in total. The standard InChI is InChI=1S/C15H14N4OS/c1-10-5-11(13-8-16-9-21-13)7-12(6-10)18-15-17-4-3-14(19-15)20-2/h3-9H,1-2H3,(H,17,18,19). The summed E-state index contributed by atoms with van der Waals surface area (Å²) >= 11 is 1.62. The van der Waals surface area contributed by atoms with E-state index in [-0.39, 0.29) is 0 Å². The number of anilines is 2. The van der Waals surface area contributed by atoms with Crippen molar-refractivity contribution in [2.24, 2.45) is 0 Å². The third-order valence-electron chi connectivity index (χ3n) is 2.89. The number of methoxy groups -OCH3 is 1. The van der Waals surface area contributed by atoms with Crippen LogP contribution >= 0.6 is 11.3 Å². The second-order valence-electron chi connectivity index (χ2n) is 4.50. The molecular weight excluding hydrogens is 284 g/mol. The minimum absolute atomic E-state index is 0.509. The number of nitrogens with one attached hydrogen (secondary N) is 1. The molecule has 5 nitrogen and oxygen atoms in total. The van der Waals surface area contributed by atoms with Crippen LogP contribution < -0.4 is 10.1 Å². The lowest BCUT2D eigenvalue weighted by molar-refractivity contribution is 0.397. The van der Waals surface area contributed by atoms with Crippen LogP contribution in [0.15, 0.2) is 42.2 Å². The van der Waals surface area contributed by atoms with Gasteiger partial charge in [0, 0.05) is 24.1 Å². The Morgan fingerprint density at radius 3 is 2.90 bits per heavy atom. The summed E-state index contributed by atoms with van der Waals surface area (Å²) in [5, 5.41) is 3.20. The number of thiazole rings is 1. The van der Waals surface area contributed by atoms with Crippen LogP contribution in [0.4, 0.5) is 11.6 Å². The maximum atomic E-state index is 5.10. The van der Waals surface area contributed by atoms with Crippen molar-refractivity contribution >= 4 is 23.0 Å². The van der Waals surface area contributed by atoms with Crippen molar-refractivity contribution in [1.82, 2.24) is 15.0 Å². The van der Waals surface area contributed by atoms with E-state index in [1.807, 2.05) is 17.8 Å². The number of aromatic nitrogens is 3. The third-order valence-corrected chi connectivity index (χ3v) is 3.71. The van der Waals surface area contributed by atoms with Gasteiger partial charge in [-0.05, 0) is 30.2 Å². The van der Waals surface area contributed by atoms with E-state index in [1.165, 1.54) is 0 Å². The Morgan fingerprint density at radius 2 is 2.14 bits per heavy atom. The largest absolute Gasteiger partial charge is 0.481 e. The van der Waals surface area contributed by atoms with Crippen LogP contribution in [0.5, 0.6) is 5.88 Å². The average molecular weight is 298 g/mol. The van der Waals surface area contributed by atoms with Gasteiger partial charge >= 0.3 is 0 Å². The second kappa shape index (κ2) is 5.88. The Kier molecular flexibility index (Phi) is 3.79. The highest BCUT2D eigenvalue weighted by Gasteiger charge is 2.05. The number of aryl methyl sites for hydroxylation is 1. The Hall–Kier alpha value is -2.47. The van der Waals surface area contributed by atoms with Gasteiger partial charge in [0.2, 0.25) is 11.8 Å². The highest BCUT2D eigenvalue weighted by molar-refractivity contribution is 7.13. The third kappa shape index (κ3) is 3.17. The van der Waals surface area contributed by atoms with Gasteiger partial charge in [-0.1, -0.05) is 6.07 Å². The molecule has 0 saturated heterocycles. The molecule has 3 rings (SSSR count). The van der Waals surface area contributed by atoms with Crippen LogP contribution in [0.2, 0.25) is 0 Å². The van der Waals surface area contributed by atoms with Gasteiger partial charge in [-0.15, -0.1) is 11.3 Å². The molecule has 1 aromatic carbocycles. The quantitative estimate of drug-likeness (QED) is 0.796. The molecule has 0 spiro atoms. The van der Waals surface area contributed by atoms with Crippen LogP contribution in [-0.2, 0) is 0 Å². The zero-order valence-electron chi connectivity index (χ0n) is 11.7. The summed E-state index contributed by atoms with van der Waals surface area (Å²) in [4.78, 5) is 13.7. The predicted molar refractivity (Wildman–Crippen MR) is 84.2 cm³/mol. The predicted octanol–water partition coefficient (Wildman–Crippen LogP) is 3.66. The highest BCUT2D eigenvalue weighted by atomic mass is 32.1. The summed E-state index contributed by atoms with van der Waals surface area (Å²) in [6, 6.07) is 7.95. The fourth-order valence-electron chi connectivity index (χ4n) is 2.00. The summed E-state index contributed by atoms with van der Waals surface area (Å²) < 4.78 is 5.10. The van der Waals surface area contributed by atoms with Gasteiger partial charge < -0.3 is 10.1 Å². The Balaban J connectivity index is 1.91. The first-order chi connectivity index (χ1) is 10.2. The van der Waals surface area contributed by atoms with Crippen molar-refractivity contribution < 1.29 is 4.74 Å². The SMILES string of the molecule is COc1ccnc(Nc2cc(C)cc(-c3cncs3)c2)n1. The van der Waals surface area contributed by atoms with Crippen molar-refractivity contribution in [2.75, 3.05) is 12.4 Å². The summed E-state index contributed by atoms with van der Waals surface area (Å²) in [6.45, 7) is 2.06. The molecule has 0 unspecified atom stereocenters. The molecule has 2 heterocycles. The molecule has 6 heteroatoms. The van der Waals surface area contributed by atoms with E-state index < -0.39 is 0 Å². The van der Waals surface area contributed by atoms with E-state index in [2.05, 4.69) is 39.3 Å². The van der Waals surface area contributed by atoms with Crippen molar-refractivity contribution in [3.8, 4) is 16.3 Å². The Labute approximate surface area is 126 Å². The molecule has 0 atom stereocenters. The molecule has 3 aromatic rings. The van der Waals surface area contributed by atoms with Crippen LogP contribution in [0, 0.1) is 6.92 Å². The fourth-order valence-corrected chi connectivity index (χ4v) is 2.61. The second-order valence-corrected chi connectivity index (χ2v) is 5.39. The molecule has 0 fully saturated rings. The van der Waals surface area contributed by atoms with E-state index >= 15 is 0 Å². The topological polar surface area (TPSA) is 59.9 Å². The van der Waals surface area contributed by atoms with Crippen LogP contribution in [0.3, 0.4) is 0 Å². The molecule has 106 valence electrons. The monoisotopic (exact) mass is 298 g/mol. The van der Waals surface area contributed by atoms with Crippen LogP contribution in [0.1, 0.15) is 5.56 Å². The molecule has 0 aliphatic carbocycles. The van der Waals surface area contributed by atoms with Gasteiger partial charge in [-0.25, -0.2) is 4.98 Å². The van der Waals surface area contributed by atoms with Crippen LogP contribution in [0.25, 0.3) is 10.4 Å². The van der Waals surface area contributed by atoms with Gasteiger partial charge in [-0.2, -0.15) is 4.98 Å². The highest BCUT2D eigenvalue weighted by Crippen LogP contribution is 2.28. The Bertz CT molecular complexity index is 743. The Morgan fingerprint density at radius 1 is 1.24 bits per heavy atom. The van der Waals surface area contributed by atoms with Crippen molar-refractivity contribution in [2.45, 2.75) is 6.92 Å². The lowest BCUT2D eigenvalue weighted by Crippen LogP contribution is -1.98. The smallest absolute Gasteiger partial charge is 0.230 e. The lowest BCUT2D eigenvalue weighted by Gasteiger charge is -2.08. The zero-order chi connectivity index (χ0) is 14.7. The first kappa shape index (κ1) is 13.5. The van der Waals surface area contributed by atoms with Crippen molar-refractivity contribution in [3.05, 3.63) is 47.7 Å². The molecule has 0 radical (unpaired) electrons.